The third kappa shape index (κ3) is 1.45. The Morgan fingerprint density at radius 1 is 1.50 bits per heavy atom. The van der Waals surface area contributed by atoms with Crippen LogP contribution in [-0.2, 0) is 6.54 Å². The van der Waals surface area contributed by atoms with Crippen molar-refractivity contribution in [3.63, 3.8) is 0 Å². The van der Waals surface area contributed by atoms with Crippen LogP contribution in [0.1, 0.15) is 37.9 Å². The molecule has 0 spiro atoms. The predicted molar refractivity (Wildman–Crippen MR) is 63.3 cm³/mol. The van der Waals surface area contributed by atoms with Crippen LogP contribution >= 0.6 is 0 Å². The van der Waals surface area contributed by atoms with Crippen LogP contribution < -0.4 is 0 Å². The maximum absolute atomic E-state index is 4.68. The highest BCUT2D eigenvalue weighted by atomic mass is 15.3. The van der Waals surface area contributed by atoms with Crippen LogP contribution in [0.15, 0.2) is 18.3 Å². The Morgan fingerprint density at radius 3 is 3.19 bits per heavy atom. The Morgan fingerprint density at radius 2 is 2.44 bits per heavy atom. The molecular formula is C12H16N4. The molecule has 0 unspecified atom stereocenters. The fourth-order valence-corrected chi connectivity index (χ4v) is 2.33. The first-order chi connectivity index (χ1) is 7.88. The summed E-state index contributed by atoms with van der Waals surface area (Å²) in [6.45, 7) is 2.96. The Kier molecular flexibility index (Phi) is 2.27. The highest BCUT2D eigenvalue weighted by Gasteiger charge is 2.17. The first kappa shape index (κ1) is 9.63. The quantitative estimate of drug-likeness (QED) is 0.784. The Balaban J connectivity index is 1.98. The third-order valence-corrected chi connectivity index (χ3v) is 3.26. The van der Waals surface area contributed by atoms with E-state index in [2.05, 4.69) is 34.1 Å². The lowest BCUT2D eigenvalue weighted by atomic mass is 9.94. The zero-order chi connectivity index (χ0) is 11.0. The van der Waals surface area contributed by atoms with Gasteiger partial charge in [-0.2, -0.15) is 5.10 Å². The highest BCUT2D eigenvalue weighted by Crippen LogP contribution is 2.28. The van der Waals surface area contributed by atoms with Crippen LogP contribution in [0.4, 0.5) is 0 Å². The van der Waals surface area contributed by atoms with Gasteiger partial charge >= 0.3 is 0 Å². The van der Waals surface area contributed by atoms with Gasteiger partial charge in [-0.15, -0.1) is 0 Å². The van der Waals surface area contributed by atoms with Gasteiger partial charge in [0.2, 0.25) is 0 Å². The van der Waals surface area contributed by atoms with E-state index in [1.165, 1.54) is 12.8 Å². The lowest BCUT2D eigenvalue weighted by Crippen LogP contribution is -2.03. The van der Waals surface area contributed by atoms with E-state index in [1.54, 1.807) is 0 Å². The summed E-state index contributed by atoms with van der Waals surface area (Å²) in [5.74, 6) is 1.68. The van der Waals surface area contributed by atoms with E-state index in [0.29, 0.717) is 5.92 Å². The number of allylic oxidation sites excluding steroid dienone is 2. The van der Waals surface area contributed by atoms with Crippen LogP contribution in [0.5, 0.6) is 0 Å². The van der Waals surface area contributed by atoms with Crippen LogP contribution in [0.3, 0.4) is 0 Å². The zero-order valence-electron chi connectivity index (χ0n) is 9.48. The molecule has 0 saturated heterocycles. The molecule has 84 valence electrons. The smallest absolute Gasteiger partial charge is 0.176 e. The first-order valence-electron chi connectivity index (χ1n) is 5.95. The molecule has 4 heteroatoms. The van der Waals surface area contributed by atoms with E-state index in [4.69, 9.17) is 0 Å². The fourth-order valence-electron chi connectivity index (χ4n) is 2.33. The molecule has 0 saturated carbocycles. The van der Waals surface area contributed by atoms with Crippen molar-refractivity contribution < 1.29 is 0 Å². The molecule has 0 fully saturated rings. The summed E-state index contributed by atoms with van der Waals surface area (Å²) in [7, 11) is 0. The fraction of sp³-hybridized carbons (Fsp3) is 0.500. The minimum Gasteiger partial charge on any atom is -0.339 e. The second kappa shape index (κ2) is 3.77. The number of aromatic nitrogens is 4. The molecule has 2 aromatic rings. The molecule has 0 amide bonds. The second-order valence-electron chi connectivity index (χ2n) is 4.30. The summed E-state index contributed by atoms with van der Waals surface area (Å²) >= 11 is 0. The SMILES string of the molecule is CCn1ncc2[nH]c([C@@H]3CC=CCC3)nc21. The van der Waals surface area contributed by atoms with E-state index in [0.717, 1.165) is 30.0 Å². The number of imidazole rings is 1. The number of fused-ring (bicyclic) bond motifs is 1. The average molecular weight is 216 g/mol. The van der Waals surface area contributed by atoms with Crippen LogP contribution in [-0.4, -0.2) is 19.7 Å². The molecule has 1 atom stereocenters. The van der Waals surface area contributed by atoms with Crippen molar-refractivity contribution in [1.82, 2.24) is 19.7 Å². The molecular weight excluding hydrogens is 200 g/mol. The van der Waals surface area contributed by atoms with Gasteiger partial charge in [-0.05, 0) is 26.2 Å². The van der Waals surface area contributed by atoms with E-state index in [1.807, 2.05) is 10.9 Å². The highest BCUT2D eigenvalue weighted by molar-refractivity contribution is 5.70. The maximum atomic E-state index is 4.68. The number of aryl methyl sites for hydroxylation is 1. The summed E-state index contributed by atoms with van der Waals surface area (Å²) in [5, 5.41) is 4.27. The van der Waals surface area contributed by atoms with E-state index in [-0.39, 0.29) is 0 Å². The van der Waals surface area contributed by atoms with Crippen LogP contribution in [0.25, 0.3) is 11.2 Å². The second-order valence-corrected chi connectivity index (χ2v) is 4.30. The summed E-state index contributed by atoms with van der Waals surface area (Å²) in [4.78, 5) is 8.07. The van der Waals surface area contributed by atoms with Gasteiger partial charge in [-0.3, -0.25) is 0 Å². The van der Waals surface area contributed by atoms with Gasteiger partial charge in [0, 0.05) is 12.5 Å². The minimum absolute atomic E-state index is 0.558. The van der Waals surface area contributed by atoms with Gasteiger partial charge in [-0.25, -0.2) is 9.67 Å². The summed E-state index contributed by atoms with van der Waals surface area (Å²) < 4.78 is 1.94. The number of aromatic amines is 1. The van der Waals surface area contributed by atoms with Crippen molar-refractivity contribution in [3.8, 4) is 0 Å². The number of rotatable bonds is 2. The Bertz CT molecular complexity index is 520. The number of H-pyrrole nitrogens is 1. The molecule has 16 heavy (non-hydrogen) atoms. The van der Waals surface area contributed by atoms with Gasteiger partial charge in [0.05, 0.1) is 6.20 Å². The lowest BCUT2D eigenvalue weighted by Gasteiger charge is -2.14. The maximum Gasteiger partial charge on any atom is 0.176 e. The van der Waals surface area contributed by atoms with Gasteiger partial charge in [0.15, 0.2) is 5.65 Å². The molecule has 2 heterocycles. The molecule has 1 aliphatic rings. The predicted octanol–water partition coefficient (Wildman–Crippen LogP) is 2.60. The van der Waals surface area contributed by atoms with Crippen molar-refractivity contribution in [2.45, 2.75) is 38.6 Å². The molecule has 1 aliphatic carbocycles. The summed E-state index contributed by atoms with van der Waals surface area (Å²) in [5.41, 5.74) is 2.05. The van der Waals surface area contributed by atoms with Gasteiger partial charge in [0.25, 0.3) is 0 Å². The minimum atomic E-state index is 0.558. The molecule has 0 bridgehead atoms. The molecule has 0 aliphatic heterocycles. The summed E-state index contributed by atoms with van der Waals surface area (Å²) in [6.07, 6.45) is 9.86. The van der Waals surface area contributed by atoms with E-state index < -0.39 is 0 Å². The van der Waals surface area contributed by atoms with Gasteiger partial charge < -0.3 is 4.98 Å². The van der Waals surface area contributed by atoms with Gasteiger partial charge in [0.1, 0.15) is 11.3 Å². The lowest BCUT2D eigenvalue weighted by molar-refractivity contribution is 0.587. The number of nitrogens with zero attached hydrogens (tertiary/aromatic N) is 3. The largest absolute Gasteiger partial charge is 0.339 e. The van der Waals surface area contributed by atoms with Crippen LogP contribution in [0.2, 0.25) is 0 Å². The third-order valence-electron chi connectivity index (χ3n) is 3.26. The van der Waals surface area contributed by atoms with Crippen molar-refractivity contribution in [2.24, 2.45) is 0 Å². The topological polar surface area (TPSA) is 46.5 Å². The Labute approximate surface area is 94.4 Å². The monoisotopic (exact) mass is 216 g/mol. The number of hydrogen-bond donors (Lipinski definition) is 1. The molecule has 0 radical (unpaired) electrons. The average Bonchev–Trinajstić information content (AvgIpc) is 2.89. The van der Waals surface area contributed by atoms with Crippen molar-refractivity contribution in [3.05, 3.63) is 24.2 Å². The first-order valence-corrected chi connectivity index (χ1v) is 5.95. The van der Waals surface area contributed by atoms with Crippen molar-refractivity contribution in [1.29, 1.82) is 0 Å². The molecule has 3 rings (SSSR count). The molecule has 4 nitrogen and oxygen atoms in total. The van der Waals surface area contributed by atoms with Crippen molar-refractivity contribution in [2.75, 3.05) is 0 Å². The standard InChI is InChI=1S/C12H16N4/c1-2-16-12-10(8-13-16)14-11(15-12)9-6-4-3-5-7-9/h3-4,8-9H,2,5-7H2,1H3,(H,14,15)/t9-/m1/s1. The normalized spacial score (nSPS) is 20.7. The van der Waals surface area contributed by atoms with Crippen LogP contribution in [0, 0.1) is 0 Å². The molecule has 0 aromatic carbocycles. The number of nitrogens with one attached hydrogen (secondary N) is 1. The molecule has 2 aromatic heterocycles. The molecule has 1 N–H and O–H groups in total. The van der Waals surface area contributed by atoms with Gasteiger partial charge in [-0.1, -0.05) is 12.2 Å². The van der Waals surface area contributed by atoms with E-state index in [9.17, 15) is 0 Å². The summed E-state index contributed by atoms with van der Waals surface area (Å²) in [6, 6.07) is 0. The Hall–Kier alpha value is -1.58. The van der Waals surface area contributed by atoms with E-state index >= 15 is 0 Å². The zero-order valence-corrected chi connectivity index (χ0v) is 9.48. The van der Waals surface area contributed by atoms with Crippen molar-refractivity contribution >= 4 is 11.2 Å². The number of hydrogen-bond acceptors (Lipinski definition) is 2.